The second kappa shape index (κ2) is 8.45. The SMILES string of the molecule is N#C/C(=C\c1ccc(-c2ccc(Br)cc2)o1)c1nc(-c2ccc([N+](=O)[O-])cc2)cs1. The van der Waals surface area contributed by atoms with Crippen LogP contribution in [0.4, 0.5) is 5.69 Å². The largest absolute Gasteiger partial charge is 0.457 e. The van der Waals surface area contributed by atoms with E-state index in [0.29, 0.717) is 27.8 Å². The number of allylic oxidation sites excluding steroid dienone is 1. The zero-order valence-corrected chi connectivity index (χ0v) is 17.7. The summed E-state index contributed by atoms with van der Waals surface area (Å²) < 4.78 is 6.84. The van der Waals surface area contributed by atoms with E-state index in [1.807, 2.05) is 35.7 Å². The van der Waals surface area contributed by atoms with E-state index in [4.69, 9.17) is 4.42 Å². The molecule has 146 valence electrons. The van der Waals surface area contributed by atoms with E-state index < -0.39 is 4.92 Å². The van der Waals surface area contributed by atoms with Crippen LogP contribution >= 0.6 is 27.3 Å². The van der Waals surface area contributed by atoms with Gasteiger partial charge in [0, 0.05) is 39.2 Å². The van der Waals surface area contributed by atoms with E-state index >= 15 is 0 Å². The van der Waals surface area contributed by atoms with Crippen molar-refractivity contribution in [3.05, 3.63) is 91.4 Å². The van der Waals surface area contributed by atoms with Crippen molar-refractivity contribution in [3.63, 3.8) is 0 Å². The lowest BCUT2D eigenvalue weighted by Gasteiger charge is -1.97. The molecule has 0 amide bonds. The first-order valence-corrected chi connectivity index (χ1v) is 10.4. The first-order chi connectivity index (χ1) is 14.5. The Hall–Kier alpha value is -3.54. The molecule has 6 nitrogen and oxygen atoms in total. The van der Waals surface area contributed by atoms with Gasteiger partial charge in [0.25, 0.3) is 5.69 Å². The van der Waals surface area contributed by atoms with Crippen molar-refractivity contribution in [3.8, 4) is 28.7 Å². The van der Waals surface area contributed by atoms with E-state index in [1.165, 1.54) is 23.5 Å². The number of thiazole rings is 1. The first-order valence-electron chi connectivity index (χ1n) is 8.72. The normalized spacial score (nSPS) is 11.3. The number of halogens is 1. The molecule has 0 fully saturated rings. The van der Waals surface area contributed by atoms with Crippen LogP contribution in [-0.2, 0) is 0 Å². The topological polar surface area (TPSA) is 93.0 Å². The number of nitriles is 1. The summed E-state index contributed by atoms with van der Waals surface area (Å²) in [6.07, 6.45) is 1.65. The average molecular weight is 478 g/mol. The molecule has 0 radical (unpaired) electrons. The summed E-state index contributed by atoms with van der Waals surface area (Å²) in [5, 5.41) is 22.8. The van der Waals surface area contributed by atoms with E-state index in [2.05, 4.69) is 27.0 Å². The van der Waals surface area contributed by atoms with E-state index in [9.17, 15) is 15.4 Å². The zero-order chi connectivity index (χ0) is 21.1. The Morgan fingerprint density at radius 2 is 1.80 bits per heavy atom. The van der Waals surface area contributed by atoms with Gasteiger partial charge in [0.1, 0.15) is 22.6 Å². The average Bonchev–Trinajstić information content (AvgIpc) is 3.43. The highest BCUT2D eigenvalue weighted by molar-refractivity contribution is 9.10. The first kappa shape index (κ1) is 19.8. The Bertz CT molecular complexity index is 1280. The standard InChI is InChI=1S/C22H12BrN3O3S/c23-17-5-1-15(2-6-17)21-10-9-19(29-21)11-16(12-24)22-25-20(13-30-22)14-3-7-18(8-4-14)26(27)28/h1-11,13H/b16-11+. The van der Waals surface area contributed by atoms with Crippen LogP contribution in [0.3, 0.4) is 0 Å². The van der Waals surface area contributed by atoms with Crippen molar-refractivity contribution in [2.75, 3.05) is 0 Å². The maximum Gasteiger partial charge on any atom is 0.269 e. The van der Waals surface area contributed by atoms with Gasteiger partial charge in [-0.1, -0.05) is 28.1 Å². The van der Waals surface area contributed by atoms with Crippen molar-refractivity contribution in [1.29, 1.82) is 5.26 Å². The number of non-ortho nitro benzene ring substituents is 1. The number of rotatable bonds is 5. The van der Waals surface area contributed by atoms with Gasteiger partial charge < -0.3 is 4.42 Å². The van der Waals surface area contributed by atoms with Gasteiger partial charge in [0.05, 0.1) is 16.2 Å². The minimum Gasteiger partial charge on any atom is -0.457 e. The molecule has 0 atom stereocenters. The predicted molar refractivity (Wildman–Crippen MR) is 120 cm³/mol. The number of hydrogen-bond donors (Lipinski definition) is 0. The van der Waals surface area contributed by atoms with Crippen LogP contribution in [0.1, 0.15) is 10.8 Å². The lowest BCUT2D eigenvalue weighted by Crippen LogP contribution is -1.87. The van der Waals surface area contributed by atoms with Crippen molar-refractivity contribution >= 4 is 44.6 Å². The molecular formula is C22H12BrN3O3S. The number of nitrogens with zero attached hydrogens (tertiary/aromatic N) is 3. The summed E-state index contributed by atoms with van der Waals surface area (Å²) in [6.45, 7) is 0. The molecule has 8 heteroatoms. The summed E-state index contributed by atoms with van der Waals surface area (Å²) in [7, 11) is 0. The summed E-state index contributed by atoms with van der Waals surface area (Å²) >= 11 is 4.74. The van der Waals surface area contributed by atoms with Crippen LogP contribution in [-0.4, -0.2) is 9.91 Å². The maximum absolute atomic E-state index is 10.8. The molecule has 0 aliphatic carbocycles. The van der Waals surface area contributed by atoms with Crippen molar-refractivity contribution in [2.45, 2.75) is 0 Å². The van der Waals surface area contributed by atoms with Crippen LogP contribution in [0.25, 0.3) is 34.2 Å². The van der Waals surface area contributed by atoms with Gasteiger partial charge in [0.2, 0.25) is 0 Å². The molecule has 0 bridgehead atoms. The Balaban J connectivity index is 1.59. The van der Waals surface area contributed by atoms with Crippen molar-refractivity contribution in [1.82, 2.24) is 4.98 Å². The molecular weight excluding hydrogens is 466 g/mol. The molecule has 0 unspecified atom stereocenters. The van der Waals surface area contributed by atoms with Crippen molar-refractivity contribution < 1.29 is 9.34 Å². The summed E-state index contributed by atoms with van der Waals surface area (Å²) in [4.78, 5) is 14.9. The van der Waals surface area contributed by atoms with E-state index in [-0.39, 0.29) is 5.69 Å². The number of aromatic nitrogens is 1. The molecule has 0 saturated carbocycles. The van der Waals surface area contributed by atoms with Gasteiger partial charge in [0.15, 0.2) is 0 Å². The third-order valence-electron chi connectivity index (χ3n) is 4.27. The number of nitro benzene ring substituents is 1. The van der Waals surface area contributed by atoms with Gasteiger partial charge in [-0.25, -0.2) is 4.98 Å². The molecule has 0 saturated heterocycles. The lowest BCUT2D eigenvalue weighted by atomic mass is 10.1. The fraction of sp³-hybridized carbons (Fsp3) is 0. The third-order valence-corrected chi connectivity index (χ3v) is 5.68. The van der Waals surface area contributed by atoms with E-state index in [0.717, 1.165) is 15.6 Å². The van der Waals surface area contributed by atoms with Crippen LogP contribution < -0.4 is 0 Å². The van der Waals surface area contributed by atoms with Gasteiger partial charge >= 0.3 is 0 Å². The quantitative estimate of drug-likeness (QED) is 0.179. The highest BCUT2D eigenvalue weighted by Gasteiger charge is 2.12. The fourth-order valence-electron chi connectivity index (χ4n) is 2.77. The van der Waals surface area contributed by atoms with Crippen LogP contribution in [0.2, 0.25) is 0 Å². The number of benzene rings is 2. The molecule has 4 rings (SSSR count). The molecule has 0 aliphatic heterocycles. The molecule has 30 heavy (non-hydrogen) atoms. The Labute approximate surface area is 184 Å². The fourth-order valence-corrected chi connectivity index (χ4v) is 3.83. The third kappa shape index (κ3) is 4.22. The second-order valence-corrected chi connectivity index (χ2v) is 7.99. The zero-order valence-electron chi connectivity index (χ0n) is 15.3. The number of hydrogen-bond acceptors (Lipinski definition) is 6. The summed E-state index contributed by atoms with van der Waals surface area (Å²) in [6, 6.07) is 19.7. The Morgan fingerprint density at radius 1 is 1.10 bits per heavy atom. The minimum atomic E-state index is -0.446. The van der Waals surface area contributed by atoms with Crippen LogP contribution in [0.5, 0.6) is 0 Å². The lowest BCUT2D eigenvalue weighted by molar-refractivity contribution is -0.384. The minimum absolute atomic E-state index is 0.0196. The number of nitro groups is 1. The Morgan fingerprint density at radius 3 is 2.47 bits per heavy atom. The number of furan rings is 1. The highest BCUT2D eigenvalue weighted by Crippen LogP contribution is 2.30. The monoisotopic (exact) mass is 477 g/mol. The molecule has 0 spiro atoms. The summed E-state index contributed by atoms with van der Waals surface area (Å²) in [5.41, 5.74) is 2.74. The van der Waals surface area contributed by atoms with Crippen molar-refractivity contribution in [2.24, 2.45) is 0 Å². The Kier molecular flexibility index (Phi) is 5.57. The van der Waals surface area contributed by atoms with Crippen LogP contribution in [0.15, 0.2) is 74.9 Å². The van der Waals surface area contributed by atoms with E-state index in [1.54, 1.807) is 24.3 Å². The summed E-state index contributed by atoms with van der Waals surface area (Å²) in [5.74, 6) is 1.26. The molecule has 2 heterocycles. The van der Waals surface area contributed by atoms with Gasteiger partial charge in [-0.15, -0.1) is 11.3 Å². The second-order valence-electron chi connectivity index (χ2n) is 6.22. The van der Waals surface area contributed by atoms with Gasteiger partial charge in [-0.2, -0.15) is 5.26 Å². The molecule has 2 aromatic carbocycles. The van der Waals surface area contributed by atoms with Crippen LogP contribution in [0, 0.1) is 21.4 Å². The maximum atomic E-state index is 10.8. The molecule has 0 aliphatic rings. The molecule has 4 aromatic rings. The highest BCUT2D eigenvalue weighted by atomic mass is 79.9. The smallest absolute Gasteiger partial charge is 0.269 e. The van der Waals surface area contributed by atoms with Gasteiger partial charge in [-0.3, -0.25) is 10.1 Å². The molecule has 0 N–H and O–H groups in total. The van der Waals surface area contributed by atoms with Gasteiger partial charge in [-0.05, 0) is 36.4 Å². The predicted octanol–water partition coefficient (Wildman–Crippen LogP) is 6.80. The molecule has 2 aromatic heterocycles.